The zero-order valence-corrected chi connectivity index (χ0v) is 12.7. The Morgan fingerprint density at radius 3 is 2.71 bits per heavy atom. The summed E-state index contributed by atoms with van der Waals surface area (Å²) in [7, 11) is -1.77. The number of benzene rings is 1. The molecule has 21 heavy (non-hydrogen) atoms. The van der Waals surface area contributed by atoms with Gasteiger partial charge in [0.25, 0.3) is 10.0 Å². The molecule has 1 N–H and O–H groups in total. The summed E-state index contributed by atoms with van der Waals surface area (Å²) in [5, 5.41) is 2.96. The lowest BCUT2D eigenvalue weighted by Gasteiger charge is -2.27. The third-order valence-corrected chi connectivity index (χ3v) is 5.40. The van der Waals surface area contributed by atoms with Crippen LogP contribution < -0.4 is 5.32 Å². The van der Waals surface area contributed by atoms with E-state index in [4.69, 9.17) is 4.42 Å². The van der Waals surface area contributed by atoms with Gasteiger partial charge in [-0.2, -0.15) is 4.31 Å². The zero-order chi connectivity index (χ0) is 14.9. The van der Waals surface area contributed by atoms with Gasteiger partial charge in [-0.25, -0.2) is 8.42 Å². The van der Waals surface area contributed by atoms with Crippen molar-refractivity contribution >= 4 is 10.0 Å². The molecular formula is C15H18N2O3S. The fourth-order valence-electron chi connectivity index (χ4n) is 2.57. The monoisotopic (exact) mass is 306 g/mol. The number of nitrogens with zero attached hydrogens (tertiary/aromatic N) is 1. The molecule has 0 radical (unpaired) electrons. The molecule has 3 rings (SSSR count). The molecule has 0 spiro atoms. The predicted octanol–water partition coefficient (Wildman–Crippen LogP) is 1.75. The van der Waals surface area contributed by atoms with Crippen molar-refractivity contribution in [3.8, 4) is 0 Å². The van der Waals surface area contributed by atoms with Gasteiger partial charge in [0.1, 0.15) is 5.76 Å². The van der Waals surface area contributed by atoms with Crippen LogP contribution in [0.15, 0.2) is 45.9 Å². The van der Waals surface area contributed by atoms with Gasteiger partial charge >= 0.3 is 0 Å². The van der Waals surface area contributed by atoms with Crippen molar-refractivity contribution in [3.05, 3.63) is 53.3 Å². The van der Waals surface area contributed by atoms with Gasteiger partial charge in [0.05, 0.1) is 6.54 Å². The summed E-state index contributed by atoms with van der Waals surface area (Å²) in [6.45, 7) is 1.40. The van der Waals surface area contributed by atoms with Crippen LogP contribution in [0, 0.1) is 0 Å². The Morgan fingerprint density at radius 1 is 1.19 bits per heavy atom. The van der Waals surface area contributed by atoms with Crippen molar-refractivity contribution in [3.63, 3.8) is 0 Å². The molecule has 0 saturated heterocycles. The van der Waals surface area contributed by atoms with Gasteiger partial charge in [-0.05, 0) is 36.7 Å². The molecule has 0 aliphatic carbocycles. The van der Waals surface area contributed by atoms with Crippen LogP contribution in [0.5, 0.6) is 0 Å². The smallest absolute Gasteiger partial charge is 0.276 e. The molecule has 0 bridgehead atoms. The molecule has 0 fully saturated rings. The number of hydrogen-bond donors (Lipinski definition) is 1. The van der Waals surface area contributed by atoms with Gasteiger partial charge in [0.2, 0.25) is 5.09 Å². The summed E-state index contributed by atoms with van der Waals surface area (Å²) in [5.41, 5.74) is 2.29. The summed E-state index contributed by atoms with van der Waals surface area (Å²) in [5.74, 6) is 0.619. The van der Waals surface area contributed by atoms with Crippen LogP contribution in [0.4, 0.5) is 0 Å². The van der Waals surface area contributed by atoms with Gasteiger partial charge in [0, 0.05) is 13.1 Å². The minimum atomic E-state index is -3.56. The highest BCUT2D eigenvalue weighted by Crippen LogP contribution is 2.25. The Kier molecular flexibility index (Phi) is 3.84. The van der Waals surface area contributed by atoms with E-state index in [9.17, 15) is 8.42 Å². The second-order valence-corrected chi connectivity index (χ2v) is 6.98. The Labute approximate surface area is 124 Å². The standard InChI is InChI=1S/C15H18N2O3S/c1-16-10-14-6-7-15(20-14)21(18,19)17-9-8-12-4-2-3-5-13(12)11-17/h2-7,16H,8-11H2,1H3. The highest BCUT2D eigenvalue weighted by Gasteiger charge is 2.30. The molecular weight excluding hydrogens is 288 g/mol. The number of rotatable bonds is 4. The SMILES string of the molecule is CNCc1ccc(S(=O)(=O)N2CCc3ccccc3C2)o1. The van der Waals surface area contributed by atoms with Gasteiger partial charge in [-0.1, -0.05) is 24.3 Å². The molecule has 1 aliphatic rings. The van der Waals surface area contributed by atoms with Crippen LogP contribution in [0.25, 0.3) is 0 Å². The molecule has 112 valence electrons. The summed E-state index contributed by atoms with van der Waals surface area (Å²) in [6.07, 6.45) is 0.736. The van der Waals surface area contributed by atoms with E-state index in [0.717, 1.165) is 12.0 Å². The third kappa shape index (κ3) is 2.74. The first-order valence-electron chi connectivity index (χ1n) is 6.91. The summed E-state index contributed by atoms with van der Waals surface area (Å²) in [4.78, 5) is 0. The van der Waals surface area contributed by atoms with E-state index in [2.05, 4.69) is 11.4 Å². The van der Waals surface area contributed by atoms with Crippen LogP contribution in [0.1, 0.15) is 16.9 Å². The van der Waals surface area contributed by atoms with E-state index < -0.39 is 10.0 Å². The van der Waals surface area contributed by atoms with Crippen LogP contribution in [0.2, 0.25) is 0 Å². The highest BCUT2D eigenvalue weighted by atomic mass is 32.2. The third-order valence-electron chi connectivity index (χ3n) is 3.68. The number of sulfonamides is 1. The molecule has 6 heteroatoms. The van der Waals surface area contributed by atoms with Crippen LogP contribution >= 0.6 is 0 Å². The summed E-state index contributed by atoms with van der Waals surface area (Å²) in [6, 6.07) is 11.2. The normalized spacial score (nSPS) is 15.9. The number of hydrogen-bond acceptors (Lipinski definition) is 4. The molecule has 1 aliphatic heterocycles. The van der Waals surface area contributed by atoms with Gasteiger partial charge in [0.15, 0.2) is 0 Å². The van der Waals surface area contributed by atoms with Crippen molar-refractivity contribution in [2.75, 3.05) is 13.6 Å². The number of furan rings is 1. The van der Waals surface area contributed by atoms with Crippen LogP contribution in [-0.2, 0) is 29.5 Å². The minimum absolute atomic E-state index is 0.0205. The van der Waals surface area contributed by atoms with E-state index in [1.54, 1.807) is 13.1 Å². The van der Waals surface area contributed by atoms with Gasteiger partial charge in [-0.3, -0.25) is 0 Å². The average molecular weight is 306 g/mol. The fourth-order valence-corrected chi connectivity index (χ4v) is 3.92. The molecule has 0 unspecified atom stereocenters. The first-order chi connectivity index (χ1) is 10.1. The topological polar surface area (TPSA) is 62.6 Å². The van der Waals surface area contributed by atoms with Crippen molar-refractivity contribution < 1.29 is 12.8 Å². The van der Waals surface area contributed by atoms with Gasteiger partial charge in [-0.15, -0.1) is 0 Å². The lowest BCUT2D eigenvalue weighted by atomic mass is 10.0. The summed E-state index contributed by atoms with van der Waals surface area (Å²) < 4.78 is 32.2. The van der Waals surface area contributed by atoms with Crippen molar-refractivity contribution in [2.45, 2.75) is 24.6 Å². The van der Waals surface area contributed by atoms with Crippen molar-refractivity contribution in [1.29, 1.82) is 0 Å². The lowest BCUT2D eigenvalue weighted by molar-refractivity contribution is 0.354. The minimum Gasteiger partial charge on any atom is -0.447 e. The Morgan fingerprint density at radius 2 is 1.95 bits per heavy atom. The number of nitrogens with one attached hydrogen (secondary N) is 1. The first kappa shape index (κ1) is 14.3. The molecule has 0 saturated carbocycles. The second kappa shape index (κ2) is 5.63. The maximum absolute atomic E-state index is 12.6. The summed E-state index contributed by atoms with van der Waals surface area (Å²) >= 11 is 0. The molecule has 1 aromatic heterocycles. The average Bonchev–Trinajstić information content (AvgIpc) is 2.96. The maximum Gasteiger partial charge on any atom is 0.276 e. The lowest BCUT2D eigenvalue weighted by Crippen LogP contribution is -2.35. The Hall–Kier alpha value is -1.63. The van der Waals surface area contributed by atoms with Crippen molar-refractivity contribution in [2.24, 2.45) is 0 Å². The molecule has 2 aromatic rings. The molecule has 0 amide bonds. The highest BCUT2D eigenvalue weighted by molar-refractivity contribution is 7.89. The van der Waals surface area contributed by atoms with Gasteiger partial charge < -0.3 is 9.73 Å². The largest absolute Gasteiger partial charge is 0.447 e. The fraction of sp³-hybridized carbons (Fsp3) is 0.333. The van der Waals surface area contributed by atoms with E-state index in [-0.39, 0.29) is 5.09 Å². The zero-order valence-electron chi connectivity index (χ0n) is 11.9. The second-order valence-electron chi connectivity index (χ2n) is 5.11. The van der Waals surface area contributed by atoms with Crippen LogP contribution in [-0.4, -0.2) is 26.3 Å². The van der Waals surface area contributed by atoms with E-state index in [0.29, 0.717) is 25.4 Å². The number of fused-ring (bicyclic) bond motifs is 1. The molecule has 5 nitrogen and oxygen atoms in total. The molecule has 1 aromatic carbocycles. The molecule has 0 atom stereocenters. The first-order valence-corrected chi connectivity index (χ1v) is 8.35. The molecule has 2 heterocycles. The quantitative estimate of drug-likeness (QED) is 0.935. The van der Waals surface area contributed by atoms with E-state index >= 15 is 0 Å². The van der Waals surface area contributed by atoms with Crippen molar-refractivity contribution in [1.82, 2.24) is 9.62 Å². The Balaban J connectivity index is 1.85. The van der Waals surface area contributed by atoms with E-state index in [1.165, 1.54) is 15.9 Å². The van der Waals surface area contributed by atoms with Crippen LogP contribution in [0.3, 0.4) is 0 Å². The predicted molar refractivity (Wildman–Crippen MR) is 79.2 cm³/mol. The van der Waals surface area contributed by atoms with E-state index in [1.807, 2.05) is 18.2 Å². The maximum atomic E-state index is 12.6. The Bertz CT molecular complexity index is 737.